The number of fused-ring (bicyclic) bond motifs is 1. The second kappa shape index (κ2) is 11.1. The number of ether oxygens (including phenoxy) is 2. The van der Waals surface area contributed by atoms with Gasteiger partial charge in [0.25, 0.3) is 5.56 Å². The summed E-state index contributed by atoms with van der Waals surface area (Å²) in [6.07, 6.45) is -2.61. The Morgan fingerprint density at radius 1 is 1.20 bits per heavy atom. The first-order valence-electron chi connectivity index (χ1n) is 13.2. The maximum Gasteiger partial charge on any atom is 0.460 e. The van der Waals surface area contributed by atoms with Crippen LogP contribution < -0.4 is 20.9 Å². The van der Waals surface area contributed by atoms with E-state index < -0.39 is 67.0 Å². The topological polar surface area (TPSA) is 158 Å². The SMILES string of the molecule is CC(C)OC(=O)[C@H](C)N[P@@](=O)(Oc1cccc2ccccc12)OC1([C@H]2O[C@@H](n3cc(F)c(=O)[nH]c3=O)CC2O)CC1. The van der Waals surface area contributed by atoms with Gasteiger partial charge in [-0.1, -0.05) is 36.4 Å². The maximum absolute atomic E-state index is 14.4. The summed E-state index contributed by atoms with van der Waals surface area (Å²) in [5.41, 5.74) is -3.40. The van der Waals surface area contributed by atoms with Crippen molar-refractivity contribution >= 4 is 24.5 Å². The molecule has 1 saturated carbocycles. The molecule has 1 aliphatic heterocycles. The van der Waals surface area contributed by atoms with E-state index in [2.05, 4.69) is 5.09 Å². The molecule has 2 heterocycles. The molecular weight excluding hydrogens is 560 g/mol. The minimum Gasteiger partial charge on any atom is -0.462 e. The molecule has 0 amide bonds. The average molecular weight is 592 g/mol. The first-order valence-corrected chi connectivity index (χ1v) is 14.7. The van der Waals surface area contributed by atoms with Crippen LogP contribution in [0.3, 0.4) is 0 Å². The summed E-state index contributed by atoms with van der Waals surface area (Å²) in [5.74, 6) is -1.63. The first kappa shape index (κ1) is 29.2. The molecule has 14 heteroatoms. The summed E-state index contributed by atoms with van der Waals surface area (Å²) < 4.78 is 52.5. The number of rotatable bonds is 10. The zero-order valence-corrected chi connectivity index (χ0v) is 23.5. The van der Waals surface area contributed by atoms with Crippen LogP contribution in [0, 0.1) is 5.82 Å². The van der Waals surface area contributed by atoms with Gasteiger partial charge in [-0.25, -0.2) is 9.36 Å². The molecule has 2 aromatic carbocycles. The Morgan fingerprint density at radius 3 is 2.61 bits per heavy atom. The molecule has 12 nitrogen and oxygen atoms in total. The quantitative estimate of drug-likeness (QED) is 0.236. The lowest BCUT2D eigenvalue weighted by Gasteiger charge is -2.31. The molecule has 0 radical (unpaired) electrons. The maximum atomic E-state index is 14.4. The third-order valence-electron chi connectivity index (χ3n) is 6.92. The molecule has 0 spiro atoms. The smallest absolute Gasteiger partial charge is 0.460 e. The van der Waals surface area contributed by atoms with E-state index in [-0.39, 0.29) is 12.2 Å². The number of hydrogen-bond donors (Lipinski definition) is 3. The van der Waals surface area contributed by atoms with Crippen molar-refractivity contribution in [1.29, 1.82) is 0 Å². The van der Waals surface area contributed by atoms with E-state index in [1.807, 2.05) is 23.2 Å². The average Bonchev–Trinajstić information content (AvgIpc) is 3.56. The Morgan fingerprint density at radius 2 is 1.90 bits per heavy atom. The number of esters is 1. The van der Waals surface area contributed by atoms with Crippen molar-refractivity contribution in [2.75, 3.05) is 0 Å². The fraction of sp³-hybridized carbons (Fsp3) is 0.444. The van der Waals surface area contributed by atoms with Crippen LogP contribution in [-0.2, 0) is 23.4 Å². The third-order valence-corrected chi connectivity index (χ3v) is 8.66. The molecule has 41 heavy (non-hydrogen) atoms. The van der Waals surface area contributed by atoms with Crippen molar-refractivity contribution < 1.29 is 37.4 Å². The van der Waals surface area contributed by atoms with Gasteiger partial charge in [-0.05, 0) is 45.1 Å². The number of nitrogens with zero attached hydrogens (tertiary/aromatic N) is 1. The van der Waals surface area contributed by atoms with Crippen LogP contribution in [0.5, 0.6) is 5.75 Å². The zero-order valence-electron chi connectivity index (χ0n) is 22.6. The molecule has 1 unspecified atom stereocenters. The molecule has 2 fully saturated rings. The highest BCUT2D eigenvalue weighted by atomic mass is 31.2. The highest BCUT2D eigenvalue weighted by Crippen LogP contribution is 2.60. The fourth-order valence-corrected chi connectivity index (χ4v) is 6.77. The van der Waals surface area contributed by atoms with Crippen molar-refractivity contribution in [3.63, 3.8) is 0 Å². The minimum absolute atomic E-state index is 0.125. The molecule has 1 saturated heterocycles. The summed E-state index contributed by atoms with van der Waals surface area (Å²) >= 11 is 0. The van der Waals surface area contributed by atoms with Crippen LogP contribution in [0.4, 0.5) is 4.39 Å². The lowest BCUT2D eigenvalue weighted by molar-refractivity contribution is -0.149. The van der Waals surface area contributed by atoms with E-state index in [0.29, 0.717) is 24.4 Å². The van der Waals surface area contributed by atoms with Gasteiger partial charge in [-0.2, -0.15) is 9.48 Å². The van der Waals surface area contributed by atoms with E-state index in [4.69, 9.17) is 18.5 Å². The molecule has 3 N–H and O–H groups in total. The number of hydrogen-bond acceptors (Lipinski definition) is 9. The highest BCUT2D eigenvalue weighted by Gasteiger charge is 2.61. The number of halogens is 1. The monoisotopic (exact) mass is 591 g/mol. The van der Waals surface area contributed by atoms with Gasteiger partial charge in [0.1, 0.15) is 29.7 Å². The fourth-order valence-electron chi connectivity index (χ4n) is 4.86. The number of nitrogens with one attached hydrogen (secondary N) is 2. The summed E-state index contributed by atoms with van der Waals surface area (Å²) in [6.45, 7) is 4.82. The minimum atomic E-state index is -4.37. The second-order valence-electron chi connectivity index (χ2n) is 10.5. The number of aromatic nitrogens is 2. The number of carbonyl (C=O) groups is 1. The van der Waals surface area contributed by atoms with Gasteiger partial charge in [0.05, 0.1) is 18.4 Å². The van der Waals surface area contributed by atoms with Crippen LogP contribution in [-0.4, -0.2) is 50.6 Å². The Labute approximate surface area is 234 Å². The Hall–Kier alpha value is -3.35. The first-order chi connectivity index (χ1) is 19.4. The summed E-state index contributed by atoms with van der Waals surface area (Å²) in [4.78, 5) is 38.2. The van der Waals surface area contributed by atoms with E-state index >= 15 is 0 Å². The Kier molecular flexibility index (Phi) is 7.92. The molecule has 5 rings (SSSR count). The predicted molar refractivity (Wildman–Crippen MR) is 145 cm³/mol. The van der Waals surface area contributed by atoms with Crippen molar-refractivity contribution in [2.24, 2.45) is 0 Å². The number of aliphatic hydroxyl groups is 1. The molecule has 1 aromatic heterocycles. The van der Waals surface area contributed by atoms with Gasteiger partial charge < -0.3 is 19.1 Å². The van der Waals surface area contributed by atoms with Crippen molar-refractivity contribution in [3.05, 3.63) is 75.3 Å². The van der Waals surface area contributed by atoms with Gasteiger partial charge in [0.15, 0.2) is 0 Å². The van der Waals surface area contributed by atoms with Crippen molar-refractivity contribution in [3.8, 4) is 5.75 Å². The summed E-state index contributed by atoms with van der Waals surface area (Å²) in [7, 11) is -4.37. The van der Waals surface area contributed by atoms with E-state index in [1.54, 1.807) is 38.1 Å². The number of aromatic amines is 1. The zero-order chi connectivity index (χ0) is 29.5. The van der Waals surface area contributed by atoms with Gasteiger partial charge in [-0.15, -0.1) is 0 Å². The number of benzene rings is 2. The molecular formula is C27H31FN3O9P. The predicted octanol–water partition coefficient (Wildman–Crippen LogP) is 3.14. The normalized spacial score (nSPS) is 23.7. The van der Waals surface area contributed by atoms with Crippen LogP contribution in [0.25, 0.3) is 10.8 Å². The standard InChI is InChI=1S/C27H31FN3O9P/c1-15(2)37-25(34)16(3)30-41(36,39-21-10-6-8-17-7-4-5-9-18(17)21)40-27(11-12-27)23-20(32)13-22(38-23)31-14-19(28)24(33)29-26(31)35/h4-10,14-16,20,22-23,32H,11-13H2,1-3H3,(H,30,36)(H,29,33,35)/t16-,20?,22+,23-,41+/m0/s1. The summed E-state index contributed by atoms with van der Waals surface area (Å²) in [5, 5.41) is 15.0. The number of carbonyl (C=O) groups excluding carboxylic acids is 1. The molecule has 0 bridgehead atoms. The number of H-pyrrole nitrogens is 1. The molecule has 220 valence electrons. The second-order valence-corrected chi connectivity index (χ2v) is 12.1. The third kappa shape index (κ3) is 6.14. The van der Waals surface area contributed by atoms with Crippen LogP contribution >= 0.6 is 7.75 Å². The van der Waals surface area contributed by atoms with Gasteiger partial charge >= 0.3 is 19.4 Å². The Bertz CT molecular complexity index is 1610. The molecule has 5 atom stereocenters. The largest absolute Gasteiger partial charge is 0.462 e. The van der Waals surface area contributed by atoms with Gasteiger partial charge in [0, 0.05) is 11.8 Å². The van der Waals surface area contributed by atoms with Crippen LogP contribution in [0.15, 0.2) is 58.3 Å². The van der Waals surface area contributed by atoms with Gasteiger partial charge in [-0.3, -0.25) is 23.7 Å². The summed E-state index contributed by atoms with van der Waals surface area (Å²) in [6, 6.07) is 11.4. The van der Waals surface area contributed by atoms with E-state index in [0.717, 1.165) is 9.95 Å². The lowest BCUT2D eigenvalue weighted by Crippen LogP contribution is -2.42. The van der Waals surface area contributed by atoms with Crippen LogP contribution in [0.2, 0.25) is 0 Å². The molecule has 1 aliphatic carbocycles. The number of aliphatic hydroxyl groups excluding tert-OH is 1. The Balaban J connectivity index is 1.44. The van der Waals surface area contributed by atoms with E-state index in [9.17, 15) is 28.4 Å². The van der Waals surface area contributed by atoms with Crippen molar-refractivity contribution in [2.45, 2.75) is 76.2 Å². The molecule has 3 aromatic rings. The highest BCUT2D eigenvalue weighted by molar-refractivity contribution is 7.52. The molecule has 2 aliphatic rings. The van der Waals surface area contributed by atoms with Crippen molar-refractivity contribution in [1.82, 2.24) is 14.6 Å². The van der Waals surface area contributed by atoms with E-state index in [1.165, 1.54) is 6.92 Å². The van der Waals surface area contributed by atoms with Gasteiger partial charge in [0.2, 0.25) is 5.82 Å². The van der Waals surface area contributed by atoms with Crippen LogP contribution in [0.1, 0.15) is 46.3 Å². The lowest BCUT2D eigenvalue weighted by atomic mass is 10.1.